The highest BCUT2D eigenvalue weighted by Crippen LogP contribution is 2.40. The van der Waals surface area contributed by atoms with E-state index in [4.69, 9.17) is 19.2 Å². The van der Waals surface area contributed by atoms with E-state index in [1.807, 2.05) is 50.5 Å². The molecule has 1 saturated heterocycles. The zero-order chi connectivity index (χ0) is 33.4. The largest absolute Gasteiger partial charge is 0.497 e. The number of aromatic nitrogens is 3. The number of rotatable bonds is 12. The molecular weight excluding hydrogens is 602 g/mol. The van der Waals surface area contributed by atoms with Crippen molar-refractivity contribution in [3.8, 4) is 22.8 Å². The number of hydrogen-bond donors (Lipinski definition) is 2. The van der Waals surface area contributed by atoms with Crippen molar-refractivity contribution < 1.29 is 28.9 Å². The number of carboxylic acid groups (broad SMARTS) is 1. The summed E-state index contributed by atoms with van der Waals surface area (Å²) < 4.78 is 20.1. The van der Waals surface area contributed by atoms with E-state index in [0.29, 0.717) is 71.6 Å². The first kappa shape index (κ1) is 33.7. The van der Waals surface area contributed by atoms with E-state index < -0.39 is 14.2 Å². The van der Waals surface area contributed by atoms with Gasteiger partial charge in [0.25, 0.3) is 5.91 Å². The van der Waals surface area contributed by atoms with Gasteiger partial charge >= 0.3 is 6.09 Å². The fraction of sp³-hybridized carbons (Fsp3) is 0.588. The summed E-state index contributed by atoms with van der Waals surface area (Å²) in [6.07, 6.45) is 3.37. The highest BCUT2D eigenvalue weighted by Gasteiger charge is 2.45. The third-order valence-corrected chi connectivity index (χ3v) is 10.7. The molecule has 1 aliphatic heterocycles. The average Bonchev–Trinajstić information content (AvgIpc) is 3.63. The molecule has 5 rings (SSSR count). The van der Waals surface area contributed by atoms with E-state index in [1.165, 1.54) is 24.1 Å². The molecule has 2 aliphatic rings. The summed E-state index contributed by atoms with van der Waals surface area (Å²) in [6, 6.07) is 5.98. The molecule has 3 aromatic rings. The molecule has 1 aliphatic carbocycles. The Hall–Kier alpha value is -3.64. The van der Waals surface area contributed by atoms with Crippen molar-refractivity contribution in [3.05, 3.63) is 35.8 Å². The van der Waals surface area contributed by atoms with E-state index in [9.17, 15) is 14.7 Å². The number of fused-ring (bicyclic) bond motifs is 1. The molecule has 3 heterocycles. The van der Waals surface area contributed by atoms with Crippen LogP contribution in [0, 0.1) is 18.3 Å². The molecule has 250 valence electrons. The van der Waals surface area contributed by atoms with Crippen molar-refractivity contribution in [1.29, 1.82) is 0 Å². The maximum atomic E-state index is 14.2. The Kier molecular flexibility index (Phi) is 9.69. The van der Waals surface area contributed by atoms with Crippen molar-refractivity contribution >= 4 is 31.1 Å². The summed E-state index contributed by atoms with van der Waals surface area (Å²) in [5.74, 6) is 1.62. The molecule has 11 nitrogen and oxygen atoms in total. The number of likely N-dealkylation sites (tertiary alicyclic amines) is 1. The molecule has 0 bridgehead atoms. The SMILES string of the molecule is COc1ccc(OCC2CC2)c(-c2ncnc3c(C(=O)N[C@@H]4CCN(C(=O)O)C4C(C)(C)C)c(C)n(COCC[Si](C)(C)C)c23)c1. The van der Waals surface area contributed by atoms with Crippen LogP contribution in [-0.2, 0) is 11.5 Å². The zero-order valence-corrected chi connectivity index (χ0v) is 29.5. The summed E-state index contributed by atoms with van der Waals surface area (Å²) >= 11 is 0. The van der Waals surface area contributed by atoms with Crippen molar-refractivity contribution in [2.24, 2.45) is 11.3 Å². The van der Waals surface area contributed by atoms with Crippen LogP contribution < -0.4 is 14.8 Å². The van der Waals surface area contributed by atoms with Crippen LogP contribution in [0.3, 0.4) is 0 Å². The second kappa shape index (κ2) is 13.2. The number of nitrogens with zero attached hydrogens (tertiary/aromatic N) is 4. The molecule has 2 aromatic heterocycles. The van der Waals surface area contributed by atoms with Gasteiger partial charge in [-0.2, -0.15) is 0 Å². The number of methoxy groups -OCH3 is 1. The van der Waals surface area contributed by atoms with Crippen LogP contribution in [0.4, 0.5) is 4.79 Å². The standard InChI is InChI=1S/C34H49N5O6Si/c1-21-27(32(40)37-25-13-14-38(33(41)42)31(25)34(2,3)4)29-30(39(21)20-44-15-16-46(6,7)8)28(35-19-36-29)24-17-23(43-5)11-12-26(24)45-18-22-9-10-22/h11-12,17,19,22,25,31H,9-10,13-16,18,20H2,1-8H3,(H,37,40)(H,41,42)/t25-,31?/m1/s1. The quantitative estimate of drug-likeness (QED) is 0.170. The third kappa shape index (κ3) is 7.33. The zero-order valence-electron chi connectivity index (χ0n) is 28.5. The first-order valence-electron chi connectivity index (χ1n) is 16.2. The number of nitrogens with one attached hydrogen (secondary N) is 1. The second-order valence-corrected chi connectivity index (χ2v) is 20.5. The average molecular weight is 652 g/mol. The number of carbonyl (C=O) groups is 2. The van der Waals surface area contributed by atoms with Crippen molar-refractivity contribution in [1.82, 2.24) is 24.8 Å². The van der Waals surface area contributed by atoms with Crippen LogP contribution in [0.1, 0.15) is 56.1 Å². The first-order valence-corrected chi connectivity index (χ1v) is 19.9. The minimum atomic E-state index is -1.33. The fourth-order valence-electron chi connectivity index (χ4n) is 6.36. The van der Waals surface area contributed by atoms with Crippen LogP contribution in [0.25, 0.3) is 22.3 Å². The summed E-state index contributed by atoms with van der Waals surface area (Å²) in [7, 11) is 0.299. The Morgan fingerprint density at radius 2 is 1.87 bits per heavy atom. The Labute approximate surface area is 272 Å². The topological polar surface area (TPSA) is 128 Å². The summed E-state index contributed by atoms with van der Waals surface area (Å²) in [4.78, 5) is 37.2. The molecule has 0 radical (unpaired) electrons. The number of hydrogen-bond acceptors (Lipinski definition) is 7. The van der Waals surface area contributed by atoms with Crippen molar-refractivity contribution in [2.75, 3.05) is 26.9 Å². The normalized spacial score (nSPS) is 18.7. The number of amides is 2. The molecule has 2 fully saturated rings. The lowest BCUT2D eigenvalue weighted by atomic mass is 9.82. The third-order valence-electron chi connectivity index (χ3n) is 9.00. The first-order chi connectivity index (χ1) is 21.7. The maximum Gasteiger partial charge on any atom is 0.407 e. The van der Waals surface area contributed by atoms with Crippen LogP contribution in [0.2, 0.25) is 25.7 Å². The van der Waals surface area contributed by atoms with Gasteiger partial charge in [0.2, 0.25) is 0 Å². The molecule has 1 aromatic carbocycles. The minimum Gasteiger partial charge on any atom is -0.497 e. The molecular formula is C34H49N5O6Si. The lowest BCUT2D eigenvalue weighted by molar-refractivity contribution is 0.0821. The Morgan fingerprint density at radius 1 is 1.13 bits per heavy atom. The van der Waals surface area contributed by atoms with Gasteiger partial charge < -0.3 is 34.1 Å². The Morgan fingerprint density at radius 3 is 2.50 bits per heavy atom. The molecule has 1 unspecified atom stereocenters. The maximum absolute atomic E-state index is 14.2. The van der Waals surface area contributed by atoms with E-state index in [0.717, 1.165) is 11.6 Å². The van der Waals surface area contributed by atoms with Gasteiger partial charge in [0.05, 0.1) is 36.9 Å². The van der Waals surface area contributed by atoms with Crippen LogP contribution >= 0.6 is 0 Å². The second-order valence-electron chi connectivity index (χ2n) is 14.9. The number of carbonyl (C=O) groups excluding carboxylic acids is 1. The van der Waals surface area contributed by atoms with Gasteiger partial charge in [-0.1, -0.05) is 40.4 Å². The number of ether oxygens (including phenoxy) is 3. The van der Waals surface area contributed by atoms with Gasteiger partial charge in [0.15, 0.2) is 0 Å². The highest BCUT2D eigenvalue weighted by atomic mass is 28.3. The van der Waals surface area contributed by atoms with Gasteiger partial charge in [-0.3, -0.25) is 4.79 Å². The molecule has 46 heavy (non-hydrogen) atoms. The predicted molar refractivity (Wildman–Crippen MR) is 180 cm³/mol. The van der Waals surface area contributed by atoms with E-state index in [-0.39, 0.29) is 30.1 Å². The summed E-state index contributed by atoms with van der Waals surface area (Å²) in [5, 5.41) is 13.1. The van der Waals surface area contributed by atoms with Gasteiger partial charge in [-0.25, -0.2) is 14.8 Å². The van der Waals surface area contributed by atoms with Crippen molar-refractivity contribution in [3.63, 3.8) is 0 Å². The van der Waals surface area contributed by atoms with E-state index in [1.54, 1.807) is 7.11 Å². The van der Waals surface area contributed by atoms with Gasteiger partial charge in [0.1, 0.15) is 35.8 Å². The van der Waals surface area contributed by atoms with E-state index in [2.05, 4.69) is 29.9 Å². The van der Waals surface area contributed by atoms with E-state index >= 15 is 0 Å². The highest BCUT2D eigenvalue weighted by molar-refractivity contribution is 6.76. The number of benzene rings is 1. The van der Waals surface area contributed by atoms with Crippen LogP contribution in [0.15, 0.2) is 24.5 Å². The Balaban J connectivity index is 1.59. The van der Waals surface area contributed by atoms with Gasteiger partial charge in [0, 0.05) is 32.5 Å². The summed E-state index contributed by atoms with van der Waals surface area (Å²) in [5.41, 5.74) is 3.30. The molecule has 1 saturated carbocycles. The fourth-order valence-corrected chi connectivity index (χ4v) is 7.12. The smallest absolute Gasteiger partial charge is 0.407 e. The molecule has 2 atom stereocenters. The lowest BCUT2D eigenvalue weighted by Gasteiger charge is -2.37. The lowest BCUT2D eigenvalue weighted by Crippen LogP contribution is -2.52. The molecule has 12 heteroatoms. The predicted octanol–water partition coefficient (Wildman–Crippen LogP) is 6.41. The van der Waals surface area contributed by atoms with Gasteiger partial charge in [-0.15, -0.1) is 0 Å². The van der Waals surface area contributed by atoms with Gasteiger partial charge in [-0.05, 0) is 61.8 Å². The van der Waals surface area contributed by atoms with Crippen LogP contribution in [-0.4, -0.2) is 83.6 Å². The summed E-state index contributed by atoms with van der Waals surface area (Å²) in [6.45, 7) is 16.7. The minimum absolute atomic E-state index is 0.226. The molecule has 2 N–H and O–H groups in total. The molecule has 0 spiro atoms. The van der Waals surface area contributed by atoms with Crippen molar-refractivity contribution in [2.45, 2.75) is 91.5 Å². The monoisotopic (exact) mass is 651 g/mol. The van der Waals surface area contributed by atoms with Crippen LogP contribution in [0.5, 0.6) is 11.5 Å². The molecule has 2 amide bonds. The Bertz CT molecular complexity index is 1590.